The average Bonchev–Trinajstić information content (AvgIpc) is 2.31. The molecule has 0 atom stereocenters. The van der Waals surface area contributed by atoms with E-state index in [0.29, 0.717) is 0 Å². The highest BCUT2D eigenvalue weighted by Crippen LogP contribution is 2.09. The van der Waals surface area contributed by atoms with Gasteiger partial charge < -0.3 is 5.11 Å². The number of carbonyl (C=O) groups is 1. The summed E-state index contributed by atoms with van der Waals surface area (Å²) in [5, 5.41) is 7.42. The molecule has 110 valence electrons. The summed E-state index contributed by atoms with van der Waals surface area (Å²) in [7, 11) is 0. The fourth-order valence-electron chi connectivity index (χ4n) is 1.71. The van der Waals surface area contributed by atoms with Crippen molar-refractivity contribution in [2.24, 2.45) is 5.84 Å². The molecule has 0 fully saturated rings. The fraction of sp³-hybridized carbons (Fsp3) is 0.929. The van der Waals surface area contributed by atoms with Gasteiger partial charge in [-0.25, -0.2) is 0 Å². The Kier molecular flexibility index (Phi) is 20.5. The number of nitrogens with one attached hydrogen (secondary N) is 1. The summed E-state index contributed by atoms with van der Waals surface area (Å²) in [5.41, 5.74) is 2.69. The average molecular weight is 260 g/mol. The number of aliphatic carboxylic acids is 1. The smallest absolute Gasteiger partial charge is 0.300 e. The molecule has 0 heterocycles. The van der Waals surface area contributed by atoms with Gasteiger partial charge in [0.05, 0.1) is 0 Å². The van der Waals surface area contributed by atoms with Crippen molar-refractivity contribution in [1.82, 2.24) is 5.43 Å². The lowest BCUT2D eigenvalue weighted by Crippen LogP contribution is -2.22. The molecule has 18 heavy (non-hydrogen) atoms. The van der Waals surface area contributed by atoms with Crippen LogP contribution < -0.4 is 11.3 Å². The lowest BCUT2D eigenvalue weighted by molar-refractivity contribution is -0.134. The van der Waals surface area contributed by atoms with Gasteiger partial charge in [0, 0.05) is 13.5 Å². The molecule has 0 aliphatic rings. The Hall–Kier alpha value is -0.610. The van der Waals surface area contributed by atoms with Crippen LogP contribution in [-0.2, 0) is 4.79 Å². The van der Waals surface area contributed by atoms with Crippen LogP contribution in [0.1, 0.15) is 78.1 Å². The van der Waals surface area contributed by atoms with Crippen molar-refractivity contribution in [2.45, 2.75) is 78.1 Å². The highest BCUT2D eigenvalue weighted by molar-refractivity contribution is 5.62. The molecule has 0 saturated carbocycles. The summed E-state index contributed by atoms with van der Waals surface area (Å²) in [4.78, 5) is 9.00. The van der Waals surface area contributed by atoms with Crippen LogP contribution in [0.4, 0.5) is 0 Å². The van der Waals surface area contributed by atoms with E-state index in [1.807, 2.05) is 0 Å². The highest BCUT2D eigenvalue weighted by atomic mass is 16.4. The number of nitrogens with two attached hydrogens (primary N) is 1. The molecule has 0 radical (unpaired) electrons. The Bertz CT molecular complexity index is 148. The van der Waals surface area contributed by atoms with E-state index in [2.05, 4.69) is 12.3 Å². The van der Waals surface area contributed by atoms with Crippen molar-refractivity contribution in [1.29, 1.82) is 0 Å². The van der Waals surface area contributed by atoms with Crippen LogP contribution in [0.5, 0.6) is 0 Å². The van der Waals surface area contributed by atoms with Crippen LogP contribution in [0.15, 0.2) is 0 Å². The van der Waals surface area contributed by atoms with Gasteiger partial charge in [-0.3, -0.25) is 16.1 Å². The van der Waals surface area contributed by atoms with E-state index in [0.717, 1.165) is 13.5 Å². The summed E-state index contributed by atoms with van der Waals surface area (Å²) >= 11 is 0. The normalized spacial score (nSPS) is 9.72. The predicted octanol–water partition coefficient (Wildman–Crippen LogP) is 3.46. The Morgan fingerprint density at radius 3 is 1.61 bits per heavy atom. The quantitative estimate of drug-likeness (QED) is 0.302. The topological polar surface area (TPSA) is 75.3 Å². The molecule has 0 aromatic carbocycles. The van der Waals surface area contributed by atoms with Gasteiger partial charge in [-0.05, 0) is 6.42 Å². The number of hydrogen-bond donors (Lipinski definition) is 3. The maximum atomic E-state index is 9.00. The minimum Gasteiger partial charge on any atom is -0.481 e. The molecule has 0 aliphatic heterocycles. The highest BCUT2D eigenvalue weighted by Gasteiger charge is 1.91. The number of hydrogen-bond acceptors (Lipinski definition) is 3. The van der Waals surface area contributed by atoms with Crippen LogP contribution in [0.25, 0.3) is 0 Å². The predicted molar refractivity (Wildman–Crippen MR) is 77.3 cm³/mol. The van der Waals surface area contributed by atoms with Gasteiger partial charge in [-0.1, -0.05) is 64.7 Å². The molecule has 0 aromatic rings. The molecule has 0 amide bonds. The van der Waals surface area contributed by atoms with Gasteiger partial charge in [0.25, 0.3) is 5.97 Å². The molecule has 0 spiro atoms. The first-order chi connectivity index (χ1) is 8.65. The van der Waals surface area contributed by atoms with Crippen molar-refractivity contribution in [3.63, 3.8) is 0 Å². The Morgan fingerprint density at radius 1 is 0.944 bits per heavy atom. The molecule has 0 aromatic heterocycles. The van der Waals surface area contributed by atoms with Gasteiger partial charge in [0.15, 0.2) is 0 Å². The zero-order valence-electron chi connectivity index (χ0n) is 12.2. The van der Waals surface area contributed by atoms with Crippen LogP contribution >= 0.6 is 0 Å². The number of unbranched alkanes of at least 4 members (excludes halogenated alkanes) is 9. The largest absolute Gasteiger partial charge is 0.481 e. The second-order valence-electron chi connectivity index (χ2n) is 4.66. The molecule has 4 nitrogen and oxygen atoms in total. The third-order valence-electron chi connectivity index (χ3n) is 2.67. The molecule has 0 aliphatic carbocycles. The third kappa shape index (κ3) is 29.5. The van der Waals surface area contributed by atoms with Gasteiger partial charge in [-0.2, -0.15) is 0 Å². The second kappa shape index (κ2) is 18.7. The van der Waals surface area contributed by atoms with Crippen molar-refractivity contribution >= 4 is 5.97 Å². The first kappa shape index (κ1) is 19.7. The van der Waals surface area contributed by atoms with Crippen LogP contribution in [-0.4, -0.2) is 17.6 Å². The van der Waals surface area contributed by atoms with Gasteiger partial charge in [0.2, 0.25) is 0 Å². The standard InChI is InChI=1S/C12H28N2.C2H4O2/c1-2-3-4-5-6-7-8-9-10-11-12-14-13;1-2(3)4/h14H,2-13H2,1H3;1H3,(H,3,4). The first-order valence-electron chi connectivity index (χ1n) is 7.28. The fourth-order valence-corrected chi connectivity index (χ4v) is 1.71. The number of rotatable bonds is 11. The van der Waals surface area contributed by atoms with Crippen LogP contribution in [0, 0.1) is 0 Å². The molecule has 0 rings (SSSR count). The van der Waals surface area contributed by atoms with Crippen LogP contribution in [0.3, 0.4) is 0 Å². The lowest BCUT2D eigenvalue weighted by atomic mass is 10.1. The molecular weight excluding hydrogens is 228 g/mol. The minimum absolute atomic E-state index is 0.833. The maximum Gasteiger partial charge on any atom is 0.300 e. The molecule has 4 heteroatoms. The van der Waals surface area contributed by atoms with Crippen molar-refractivity contribution in [3.8, 4) is 0 Å². The summed E-state index contributed by atoms with van der Waals surface area (Å²) in [6, 6.07) is 0. The summed E-state index contributed by atoms with van der Waals surface area (Å²) in [6.07, 6.45) is 13.9. The van der Waals surface area contributed by atoms with E-state index >= 15 is 0 Å². The monoisotopic (exact) mass is 260 g/mol. The summed E-state index contributed by atoms with van der Waals surface area (Å²) in [5.74, 6) is 4.35. The lowest BCUT2D eigenvalue weighted by Gasteiger charge is -2.01. The maximum absolute atomic E-state index is 9.00. The SMILES string of the molecule is CC(=O)O.CCCCCCCCCCCCNN. The van der Waals surface area contributed by atoms with E-state index in [4.69, 9.17) is 15.7 Å². The molecule has 0 unspecified atom stereocenters. The van der Waals surface area contributed by atoms with E-state index in [1.54, 1.807) is 0 Å². The number of hydrazine groups is 1. The molecule has 0 bridgehead atoms. The molecule has 4 N–H and O–H groups in total. The summed E-state index contributed by atoms with van der Waals surface area (Å²) < 4.78 is 0. The van der Waals surface area contributed by atoms with Crippen LogP contribution in [0.2, 0.25) is 0 Å². The van der Waals surface area contributed by atoms with E-state index in [-0.39, 0.29) is 0 Å². The van der Waals surface area contributed by atoms with Crippen molar-refractivity contribution in [3.05, 3.63) is 0 Å². The summed E-state index contributed by atoms with van der Waals surface area (Å²) in [6.45, 7) is 4.32. The molecular formula is C14H32N2O2. The number of carboxylic acid groups (broad SMARTS) is 1. The van der Waals surface area contributed by atoms with E-state index in [9.17, 15) is 0 Å². The van der Waals surface area contributed by atoms with Crippen molar-refractivity contribution < 1.29 is 9.90 Å². The zero-order chi connectivity index (χ0) is 14.1. The van der Waals surface area contributed by atoms with Gasteiger partial charge >= 0.3 is 0 Å². The zero-order valence-corrected chi connectivity index (χ0v) is 12.2. The van der Waals surface area contributed by atoms with Crippen molar-refractivity contribution in [2.75, 3.05) is 6.54 Å². The first-order valence-corrected chi connectivity index (χ1v) is 7.28. The third-order valence-corrected chi connectivity index (χ3v) is 2.67. The second-order valence-corrected chi connectivity index (χ2v) is 4.66. The minimum atomic E-state index is -0.833. The Labute approximate surface area is 112 Å². The Morgan fingerprint density at radius 2 is 1.28 bits per heavy atom. The van der Waals surface area contributed by atoms with E-state index < -0.39 is 5.97 Å². The Balaban J connectivity index is 0. The van der Waals surface area contributed by atoms with Gasteiger partial charge in [0.1, 0.15) is 0 Å². The number of carboxylic acids is 1. The van der Waals surface area contributed by atoms with Gasteiger partial charge in [-0.15, -0.1) is 0 Å². The van der Waals surface area contributed by atoms with E-state index in [1.165, 1.54) is 64.2 Å². The molecule has 0 saturated heterocycles.